The van der Waals surface area contributed by atoms with Gasteiger partial charge in [-0.15, -0.1) is 0 Å². The summed E-state index contributed by atoms with van der Waals surface area (Å²) in [7, 11) is 1.42. The summed E-state index contributed by atoms with van der Waals surface area (Å²) < 4.78 is 4.95. The number of nitrogens with one attached hydrogen (secondary N) is 1. The first-order valence-electron chi connectivity index (χ1n) is 5.69. The molecular formula is C14H15NO4. The second kappa shape index (κ2) is 7.07. The molecule has 0 aromatic heterocycles. The number of hydrogen-bond acceptors (Lipinski definition) is 3. The van der Waals surface area contributed by atoms with Gasteiger partial charge in [-0.3, -0.25) is 4.79 Å². The summed E-state index contributed by atoms with van der Waals surface area (Å²) in [4.78, 5) is 21.6. The van der Waals surface area contributed by atoms with Gasteiger partial charge in [0.25, 0.3) is 0 Å². The van der Waals surface area contributed by atoms with Crippen LogP contribution in [0.2, 0.25) is 0 Å². The Kier molecular flexibility index (Phi) is 5.42. The molecule has 0 aliphatic rings. The number of rotatable bonds is 4. The fourth-order valence-corrected chi connectivity index (χ4v) is 1.42. The maximum atomic E-state index is 11.0. The van der Waals surface area contributed by atoms with E-state index in [1.807, 2.05) is 0 Å². The minimum Gasteiger partial charge on any atom is -0.496 e. The van der Waals surface area contributed by atoms with Crippen molar-refractivity contribution in [2.45, 2.75) is 13.3 Å². The summed E-state index contributed by atoms with van der Waals surface area (Å²) >= 11 is 0. The fraction of sp³-hybridized carbons (Fsp3) is 0.286. The van der Waals surface area contributed by atoms with Crippen molar-refractivity contribution >= 4 is 11.9 Å². The van der Waals surface area contributed by atoms with Crippen LogP contribution in [0.1, 0.15) is 29.3 Å². The van der Waals surface area contributed by atoms with E-state index in [9.17, 15) is 9.59 Å². The molecule has 0 aliphatic carbocycles. The second-order valence-corrected chi connectivity index (χ2v) is 3.75. The van der Waals surface area contributed by atoms with E-state index in [4.69, 9.17) is 9.84 Å². The Morgan fingerprint density at radius 3 is 2.74 bits per heavy atom. The van der Waals surface area contributed by atoms with Crippen LogP contribution in [0, 0.1) is 11.8 Å². The third-order valence-electron chi connectivity index (χ3n) is 2.29. The van der Waals surface area contributed by atoms with Crippen LogP contribution in [0.3, 0.4) is 0 Å². The molecule has 0 bridgehead atoms. The number of amides is 1. The second-order valence-electron chi connectivity index (χ2n) is 3.75. The standard InChI is InChI=1S/C14H15NO4/c1-10(16)15-8-4-3-5-11-6-7-13(19-2)12(9-11)14(17)18/h6-7,9H,4,8H2,1-2H3,(H,15,16)(H,17,18). The van der Waals surface area contributed by atoms with Crippen molar-refractivity contribution in [3.63, 3.8) is 0 Å². The zero-order valence-electron chi connectivity index (χ0n) is 10.8. The highest BCUT2D eigenvalue weighted by Gasteiger charge is 2.10. The Bertz CT molecular complexity index is 540. The van der Waals surface area contributed by atoms with Crippen LogP contribution >= 0.6 is 0 Å². The van der Waals surface area contributed by atoms with Gasteiger partial charge >= 0.3 is 5.97 Å². The maximum Gasteiger partial charge on any atom is 0.339 e. The molecule has 0 unspecified atom stereocenters. The van der Waals surface area contributed by atoms with Crippen molar-refractivity contribution in [2.75, 3.05) is 13.7 Å². The molecule has 0 aliphatic heterocycles. The summed E-state index contributed by atoms with van der Waals surface area (Å²) in [5.74, 6) is 4.85. The average molecular weight is 261 g/mol. The molecule has 0 heterocycles. The number of carboxylic acids is 1. The minimum atomic E-state index is -1.06. The van der Waals surface area contributed by atoms with Gasteiger partial charge in [0.15, 0.2) is 0 Å². The van der Waals surface area contributed by atoms with Gasteiger partial charge < -0.3 is 15.2 Å². The van der Waals surface area contributed by atoms with Gasteiger partial charge in [-0.1, -0.05) is 11.8 Å². The molecule has 0 radical (unpaired) electrons. The van der Waals surface area contributed by atoms with Crippen molar-refractivity contribution < 1.29 is 19.4 Å². The quantitative estimate of drug-likeness (QED) is 0.632. The Balaban J connectivity index is 2.74. The zero-order chi connectivity index (χ0) is 14.3. The van der Waals surface area contributed by atoms with Crippen LogP contribution in [0.25, 0.3) is 0 Å². The van der Waals surface area contributed by atoms with Crippen LogP contribution in [0.15, 0.2) is 18.2 Å². The highest BCUT2D eigenvalue weighted by Crippen LogP contribution is 2.19. The number of carbonyl (C=O) groups is 2. The van der Waals surface area contributed by atoms with Crippen LogP contribution in [-0.2, 0) is 4.79 Å². The largest absolute Gasteiger partial charge is 0.496 e. The van der Waals surface area contributed by atoms with Crippen molar-refractivity contribution in [2.24, 2.45) is 0 Å². The molecule has 1 aromatic carbocycles. The lowest BCUT2D eigenvalue weighted by atomic mass is 10.1. The Morgan fingerprint density at radius 1 is 1.42 bits per heavy atom. The molecular weight excluding hydrogens is 246 g/mol. The van der Waals surface area contributed by atoms with E-state index >= 15 is 0 Å². The molecule has 19 heavy (non-hydrogen) atoms. The molecule has 0 atom stereocenters. The third-order valence-corrected chi connectivity index (χ3v) is 2.29. The molecule has 100 valence electrons. The molecule has 0 spiro atoms. The van der Waals surface area contributed by atoms with Gasteiger partial charge in [0, 0.05) is 25.5 Å². The van der Waals surface area contributed by atoms with E-state index in [0.717, 1.165) is 0 Å². The molecule has 0 fully saturated rings. The number of ether oxygens (including phenoxy) is 1. The topological polar surface area (TPSA) is 75.6 Å². The van der Waals surface area contributed by atoms with Crippen molar-refractivity contribution in [3.8, 4) is 17.6 Å². The predicted octanol–water partition coefficient (Wildman–Crippen LogP) is 1.27. The van der Waals surface area contributed by atoms with Crippen molar-refractivity contribution in [1.29, 1.82) is 0 Å². The molecule has 1 amide bonds. The molecule has 1 aromatic rings. The van der Waals surface area contributed by atoms with Gasteiger partial charge in [0.1, 0.15) is 11.3 Å². The number of methoxy groups -OCH3 is 1. The Hall–Kier alpha value is -2.48. The van der Waals surface area contributed by atoms with Gasteiger partial charge in [-0.25, -0.2) is 4.79 Å². The first-order valence-corrected chi connectivity index (χ1v) is 5.69. The van der Waals surface area contributed by atoms with E-state index in [2.05, 4.69) is 17.2 Å². The SMILES string of the molecule is COc1ccc(C#CCCNC(C)=O)cc1C(=O)O. The van der Waals surface area contributed by atoms with Crippen LogP contribution in [-0.4, -0.2) is 30.6 Å². The summed E-state index contributed by atoms with van der Waals surface area (Å²) in [6, 6.07) is 4.73. The first kappa shape index (κ1) is 14.6. The van der Waals surface area contributed by atoms with E-state index in [0.29, 0.717) is 24.3 Å². The lowest BCUT2D eigenvalue weighted by molar-refractivity contribution is -0.118. The fourth-order valence-electron chi connectivity index (χ4n) is 1.42. The molecule has 2 N–H and O–H groups in total. The van der Waals surface area contributed by atoms with Gasteiger partial charge in [-0.05, 0) is 18.2 Å². The Morgan fingerprint density at radius 2 is 2.16 bits per heavy atom. The van der Waals surface area contributed by atoms with E-state index in [-0.39, 0.29) is 11.5 Å². The summed E-state index contributed by atoms with van der Waals surface area (Å²) in [6.45, 7) is 1.92. The lowest BCUT2D eigenvalue weighted by Crippen LogP contribution is -2.20. The minimum absolute atomic E-state index is 0.0798. The Labute approximate surface area is 111 Å². The van der Waals surface area contributed by atoms with Gasteiger partial charge in [0.05, 0.1) is 7.11 Å². The van der Waals surface area contributed by atoms with Crippen LogP contribution in [0.5, 0.6) is 5.75 Å². The number of carbonyl (C=O) groups excluding carboxylic acids is 1. The smallest absolute Gasteiger partial charge is 0.339 e. The van der Waals surface area contributed by atoms with Crippen LogP contribution < -0.4 is 10.1 Å². The number of carboxylic acid groups (broad SMARTS) is 1. The first-order chi connectivity index (χ1) is 9.04. The molecule has 0 saturated heterocycles. The third kappa shape index (κ3) is 4.72. The summed E-state index contributed by atoms with van der Waals surface area (Å²) in [5.41, 5.74) is 0.678. The average Bonchev–Trinajstić information content (AvgIpc) is 2.37. The van der Waals surface area contributed by atoms with E-state index in [1.165, 1.54) is 20.1 Å². The number of hydrogen-bond donors (Lipinski definition) is 2. The molecule has 5 nitrogen and oxygen atoms in total. The molecule has 1 rings (SSSR count). The van der Waals surface area contributed by atoms with E-state index < -0.39 is 5.97 Å². The van der Waals surface area contributed by atoms with Crippen molar-refractivity contribution in [1.82, 2.24) is 5.32 Å². The van der Waals surface area contributed by atoms with E-state index in [1.54, 1.807) is 12.1 Å². The summed E-state index contributed by atoms with van der Waals surface area (Å²) in [5, 5.41) is 11.6. The lowest BCUT2D eigenvalue weighted by Gasteiger charge is -2.04. The van der Waals surface area contributed by atoms with Gasteiger partial charge in [0.2, 0.25) is 5.91 Å². The highest BCUT2D eigenvalue weighted by atomic mass is 16.5. The highest BCUT2D eigenvalue weighted by molar-refractivity contribution is 5.91. The number of benzene rings is 1. The normalized spacial score (nSPS) is 9.16. The maximum absolute atomic E-state index is 11.0. The monoisotopic (exact) mass is 261 g/mol. The summed E-state index contributed by atoms with van der Waals surface area (Å²) in [6.07, 6.45) is 0.508. The molecule has 0 saturated carbocycles. The van der Waals surface area contributed by atoms with Crippen LogP contribution in [0.4, 0.5) is 0 Å². The number of aromatic carboxylic acids is 1. The molecule has 5 heteroatoms. The van der Waals surface area contributed by atoms with Crippen molar-refractivity contribution in [3.05, 3.63) is 29.3 Å². The predicted molar refractivity (Wildman–Crippen MR) is 70.1 cm³/mol. The zero-order valence-corrected chi connectivity index (χ0v) is 10.8. The van der Waals surface area contributed by atoms with Gasteiger partial charge in [-0.2, -0.15) is 0 Å².